The van der Waals surface area contributed by atoms with Crippen molar-refractivity contribution in [1.29, 1.82) is 0 Å². The summed E-state index contributed by atoms with van der Waals surface area (Å²) < 4.78 is 5.45. The highest BCUT2D eigenvalue weighted by Gasteiger charge is 2.19. The first-order valence-corrected chi connectivity index (χ1v) is 7.46. The average molecular weight is 276 g/mol. The summed E-state index contributed by atoms with van der Waals surface area (Å²) >= 11 is 0. The number of ether oxygens (including phenoxy) is 1. The van der Waals surface area contributed by atoms with Gasteiger partial charge in [0.2, 0.25) is 0 Å². The highest BCUT2D eigenvalue weighted by Crippen LogP contribution is 2.32. The number of methoxy groups -OCH3 is 1. The lowest BCUT2D eigenvalue weighted by molar-refractivity contribution is -0.121. The van der Waals surface area contributed by atoms with Gasteiger partial charge in [-0.05, 0) is 35.4 Å². The van der Waals surface area contributed by atoms with Gasteiger partial charge in [-0.25, -0.2) is 0 Å². The van der Waals surface area contributed by atoms with E-state index in [1.807, 2.05) is 19.9 Å². The molecule has 20 heavy (non-hydrogen) atoms. The predicted octanol–water partition coefficient (Wildman–Crippen LogP) is 4.54. The first kappa shape index (κ1) is 16.7. The van der Waals surface area contributed by atoms with Gasteiger partial charge >= 0.3 is 0 Å². The molecule has 1 aromatic carbocycles. The molecule has 0 aliphatic carbocycles. The zero-order chi connectivity index (χ0) is 15.3. The Hall–Kier alpha value is -1.31. The van der Waals surface area contributed by atoms with Gasteiger partial charge in [0.25, 0.3) is 0 Å². The van der Waals surface area contributed by atoms with Crippen LogP contribution in [0.25, 0.3) is 0 Å². The number of carbonyl (C=O) groups excluding carboxylic acids is 1. The van der Waals surface area contributed by atoms with E-state index in [1.54, 1.807) is 7.11 Å². The molecule has 0 amide bonds. The summed E-state index contributed by atoms with van der Waals surface area (Å²) in [6.07, 6.45) is 2.55. The quantitative estimate of drug-likeness (QED) is 0.762. The second-order valence-electron chi connectivity index (χ2n) is 6.76. The summed E-state index contributed by atoms with van der Waals surface area (Å²) in [6, 6.07) is 6.37. The maximum atomic E-state index is 11.6. The number of hydrogen-bond acceptors (Lipinski definition) is 2. The minimum absolute atomic E-state index is 0.0646. The van der Waals surface area contributed by atoms with Crippen LogP contribution < -0.4 is 4.74 Å². The van der Waals surface area contributed by atoms with Crippen molar-refractivity contribution >= 4 is 5.78 Å². The summed E-state index contributed by atoms with van der Waals surface area (Å²) in [5.74, 6) is 1.45. The number of ketones is 1. The summed E-state index contributed by atoms with van der Waals surface area (Å²) in [6.45, 7) is 10.5. The van der Waals surface area contributed by atoms with Gasteiger partial charge in [0, 0.05) is 12.3 Å². The molecule has 0 bridgehead atoms. The lowest BCUT2D eigenvalue weighted by atomic mass is 9.85. The van der Waals surface area contributed by atoms with E-state index in [4.69, 9.17) is 4.74 Å². The Morgan fingerprint density at radius 1 is 1.25 bits per heavy atom. The standard InChI is InChI=1S/C18H28O2/c1-13(2)16(19)9-7-8-14-10-11-17(20-6)15(12-14)18(3,4)5/h10-13H,7-9H2,1-6H3. The van der Waals surface area contributed by atoms with Gasteiger partial charge < -0.3 is 4.74 Å². The van der Waals surface area contributed by atoms with Crippen molar-refractivity contribution in [1.82, 2.24) is 0 Å². The average Bonchev–Trinajstić information content (AvgIpc) is 2.37. The molecule has 1 rings (SSSR count). The SMILES string of the molecule is COc1ccc(CCCC(=O)C(C)C)cc1C(C)(C)C. The van der Waals surface area contributed by atoms with Gasteiger partial charge in [0.1, 0.15) is 11.5 Å². The summed E-state index contributed by atoms with van der Waals surface area (Å²) in [7, 11) is 1.71. The van der Waals surface area contributed by atoms with Gasteiger partial charge in [-0.3, -0.25) is 4.79 Å². The van der Waals surface area contributed by atoms with Crippen molar-refractivity contribution < 1.29 is 9.53 Å². The molecule has 0 heterocycles. The van der Waals surface area contributed by atoms with Crippen LogP contribution >= 0.6 is 0 Å². The van der Waals surface area contributed by atoms with Crippen LogP contribution in [0.15, 0.2) is 18.2 Å². The third-order valence-corrected chi connectivity index (χ3v) is 3.60. The normalized spacial score (nSPS) is 11.8. The molecule has 0 aromatic heterocycles. The second-order valence-corrected chi connectivity index (χ2v) is 6.76. The lowest BCUT2D eigenvalue weighted by Crippen LogP contribution is -2.13. The molecule has 0 unspecified atom stereocenters. The van der Waals surface area contributed by atoms with Crippen molar-refractivity contribution in [3.05, 3.63) is 29.3 Å². The van der Waals surface area contributed by atoms with Crippen molar-refractivity contribution in [2.45, 2.75) is 59.3 Å². The maximum Gasteiger partial charge on any atom is 0.135 e. The molecule has 0 aliphatic rings. The molecular formula is C18H28O2. The third-order valence-electron chi connectivity index (χ3n) is 3.60. The van der Waals surface area contributed by atoms with E-state index in [2.05, 4.69) is 32.9 Å². The van der Waals surface area contributed by atoms with Gasteiger partial charge in [-0.1, -0.05) is 46.8 Å². The van der Waals surface area contributed by atoms with Crippen LogP contribution in [-0.4, -0.2) is 12.9 Å². The second kappa shape index (κ2) is 6.92. The molecule has 2 heteroatoms. The van der Waals surface area contributed by atoms with Crippen LogP contribution in [0.4, 0.5) is 0 Å². The van der Waals surface area contributed by atoms with E-state index in [9.17, 15) is 4.79 Å². The van der Waals surface area contributed by atoms with E-state index in [1.165, 1.54) is 11.1 Å². The zero-order valence-corrected chi connectivity index (χ0v) is 13.7. The molecule has 0 radical (unpaired) electrons. The minimum Gasteiger partial charge on any atom is -0.496 e. The van der Waals surface area contributed by atoms with Crippen molar-refractivity contribution in [2.24, 2.45) is 5.92 Å². The van der Waals surface area contributed by atoms with Crippen LogP contribution in [0.5, 0.6) is 5.75 Å². The molecule has 0 saturated carbocycles. The molecular weight excluding hydrogens is 248 g/mol. The fourth-order valence-corrected chi connectivity index (χ4v) is 2.25. The molecule has 0 N–H and O–H groups in total. The van der Waals surface area contributed by atoms with Gasteiger partial charge in [0.15, 0.2) is 0 Å². The Morgan fingerprint density at radius 3 is 2.40 bits per heavy atom. The first-order chi connectivity index (χ1) is 9.25. The van der Waals surface area contributed by atoms with E-state index < -0.39 is 0 Å². The van der Waals surface area contributed by atoms with Gasteiger partial charge in [0.05, 0.1) is 7.11 Å². The number of Topliss-reactive ketones (excluding diaryl/α,β-unsaturated/α-hetero) is 1. The topological polar surface area (TPSA) is 26.3 Å². The van der Waals surface area contributed by atoms with E-state index in [0.717, 1.165) is 18.6 Å². The number of benzene rings is 1. The van der Waals surface area contributed by atoms with Crippen LogP contribution in [0.2, 0.25) is 0 Å². The summed E-state index contributed by atoms with van der Waals surface area (Å²) in [4.78, 5) is 11.6. The number of rotatable bonds is 6. The minimum atomic E-state index is 0.0646. The zero-order valence-electron chi connectivity index (χ0n) is 13.7. The monoisotopic (exact) mass is 276 g/mol. The Kier molecular flexibility index (Phi) is 5.79. The molecule has 2 nitrogen and oxygen atoms in total. The molecule has 0 atom stereocenters. The van der Waals surface area contributed by atoms with E-state index in [-0.39, 0.29) is 11.3 Å². The van der Waals surface area contributed by atoms with Crippen LogP contribution in [0.3, 0.4) is 0 Å². The van der Waals surface area contributed by atoms with Gasteiger partial charge in [-0.2, -0.15) is 0 Å². The molecule has 0 saturated heterocycles. The fourth-order valence-electron chi connectivity index (χ4n) is 2.25. The van der Waals surface area contributed by atoms with E-state index in [0.29, 0.717) is 12.2 Å². The summed E-state index contributed by atoms with van der Waals surface area (Å²) in [5, 5.41) is 0. The van der Waals surface area contributed by atoms with Crippen LogP contribution in [0, 0.1) is 5.92 Å². The molecule has 1 aromatic rings. The van der Waals surface area contributed by atoms with E-state index >= 15 is 0 Å². The summed E-state index contributed by atoms with van der Waals surface area (Å²) in [5.41, 5.74) is 2.58. The third kappa shape index (κ3) is 4.66. The number of carbonyl (C=O) groups is 1. The highest BCUT2D eigenvalue weighted by molar-refractivity contribution is 5.80. The largest absolute Gasteiger partial charge is 0.496 e. The Bertz CT molecular complexity index is 453. The van der Waals surface area contributed by atoms with Gasteiger partial charge in [-0.15, -0.1) is 0 Å². The van der Waals surface area contributed by atoms with Crippen LogP contribution in [-0.2, 0) is 16.6 Å². The number of hydrogen-bond donors (Lipinski definition) is 0. The van der Waals surface area contributed by atoms with Crippen molar-refractivity contribution in [3.63, 3.8) is 0 Å². The number of aryl methyl sites for hydroxylation is 1. The Morgan fingerprint density at radius 2 is 1.90 bits per heavy atom. The fraction of sp³-hybridized carbons (Fsp3) is 0.611. The Labute approximate surface area is 123 Å². The van der Waals surface area contributed by atoms with Crippen molar-refractivity contribution in [2.75, 3.05) is 7.11 Å². The van der Waals surface area contributed by atoms with Crippen LogP contribution in [0.1, 0.15) is 58.6 Å². The lowest BCUT2D eigenvalue weighted by Gasteiger charge is -2.23. The first-order valence-electron chi connectivity index (χ1n) is 7.46. The van der Waals surface area contributed by atoms with Crippen molar-refractivity contribution in [3.8, 4) is 5.75 Å². The Balaban J connectivity index is 2.75. The predicted molar refractivity (Wildman–Crippen MR) is 84.5 cm³/mol. The highest BCUT2D eigenvalue weighted by atomic mass is 16.5. The molecule has 0 aliphatic heterocycles. The smallest absolute Gasteiger partial charge is 0.135 e. The molecule has 112 valence electrons. The molecule has 0 fully saturated rings. The molecule has 0 spiro atoms. The maximum absolute atomic E-state index is 11.6.